The molecular formula is C11H24GeO. The molecule has 2 heteroatoms. The molecule has 0 aliphatic rings. The van der Waals surface area contributed by atoms with Gasteiger partial charge in [0.15, 0.2) is 0 Å². The molecule has 0 aliphatic carbocycles. The topological polar surface area (TPSA) is 20.2 Å². The second-order valence-corrected chi connectivity index (χ2v) is 15.5. The first-order valence-corrected chi connectivity index (χ1v) is 10.8. The predicted molar refractivity (Wildman–Crippen MR) is 62.6 cm³/mol. The first kappa shape index (κ1) is 13.2. The summed E-state index contributed by atoms with van der Waals surface area (Å²) in [4.78, 5) is 0. The Bertz CT molecular complexity index is 167. The van der Waals surface area contributed by atoms with E-state index >= 15 is 0 Å². The van der Waals surface area contributed by atoms with Gasteiger partial charge in [0.1, 0.15) is 0 Å². The fraction of sp³-hybridized carbons (Fsp3) is 0.818. The molecule has 0 heterocycles. The number of rotatable bonds is 5. The van der Waals surface area contributed by atoms with Gasteiger partial charge in [-0.25, -0.2) is 0 Å². The van der Waals surface area contributed by atoms with E-state index in [1.54, 1.807) is 0 Å². The van der Waals surface area contributed by atoms with Crippen molar-refractivity contribution in [3.8, 4) is 0 Å². The van der Waals surface area contributed by atoms with Gasteiger partial charge in [-0.2, -0.15) is 0 Å². The van der Waals surface area contributed by atoms with Gasteiger partial charge in [-0.15, -0.1) is 0 Å². The molecule has 1 N–H and O–H groups in total. The SMILES string of the molecule is C=[C](C(C)(C)O)[Ge]([CH2]C)([CH2]C)[CH2]C. The van der Waals surface area contributed by atoms with Gasteiger partial charge in [-0.05, 0) is 0 Å². The summed E-state index contributed by atoms with van der Waals surface area (Å²) in [6.07, 6.45) is 0. The van der Waals surface area contributed by atoms with E-state index in [9.17, 15) is 5.11 Å². The van der Waals surface area contributed by atoms with E-state index in [-0.39, 0.29) is 0 Å². The van der Waals surface area contributed by atoms with Gasteiger partial charge in [-0.1, -0.05) is 0 Å². The van der Waals surface area contributed by atoms with Crippen LogP contribution in [0.15, 0.2) is 11.0 Å². The normalized spacial score (nSPS) is 13.1. The minimum absolute atomic E-state index is 0.665. The van der Waals surface area contributed by atoms with E-state index in [2.05, 4.69) is 27.4 Å². The van der Waals surface area contributed by atoms with Crippen LogP contribution in [0.3, 0.4) is 0 Å². The second kappa shape index (κ2) is 4.65. The maximum atomic E-state index is 9.96. The van der Waals surface area contributed by atoms with Crippen molar-refractivity contribution in [3.05, 3.63) is 11.0 Å². The number of hydrogen-bond acceptors (Lipinski definition) is 1. The van der Waals surface area contributed by atoms with Gasteiger partial charge in [0, 0.05) is 0 Å². The predicted octanol–water partition coefficient (Wildman–Crippen LogP) is 3.36. The molecule has 0 saturated heterocycles. The molecule has 0 aliphatic heterocycles. The summed E-state index contributed by atoms with van der Waals surface area (Å²) >= 11 is -1.93. The molecule has 0 atom stereocenters. The van der Waals surface area contributed by atoms with Crippen LogP contribution in [0.5, 0.6) is 0 Å². The molecule has 13 heavy (non-hydrogen) atoms. The Morgan fingerprint density at radius 1 is 1.15 bits per heavy atom. The van der Waals surface area contributed by atoms with E-state index in [0.717, 1.165) is 0 Å². The van der Waals surface area contributed by atoms with Crippen molar-refractivity contribution in [1.29, 1.82) is 0 Å². The first-order valence-electron chi connectivity index (χ1n) is 5.26. The molecule has 0 bridgehead atoms. The number of aliphatic hydroxyl groups is 1. The van der Waals surface area contributed by atoms with Crippen molar-refractivity contribution in [2.75, 3.05) is 0 Å². The van der Waals surface area contributed by atoms with E-state index in [0.29, 0.717) is 0 Å². The van der Waals surface area contributed by atoms with Crippen molar-refractivity contribution in [1.82, 2.24) is 0 Å². The molecule has 0 aromatic rings. The summed E-state index contributed by atoms with van der Waals surface area (Å²) in [6, 6.07) is 0. The molecule has 0 aromatic carbocycles. The Morgan fingerprint density at radius 2 is 1.46 bits per heavy atom. The molecule has 0 rings (SSSR count). The Labute approximate surface area is 85.6 Å². The summed E-state index contributed by atoms with van der Waals surface area (Å²) in [6.45, 7) is 14.6. The van der Waals surface area contributed by atoms with Crippen molar-refractivity contribution >= 4 is 13.3 Å². The summed E-state index contributed by atoms with van der Waals surface area (Å²) in [7, 11) is 0. The van der Waals surface area contributed by atoms with E-state index in [4.69, 9.17) is 0 Å². The fourth-order valence-corrected chi connectivity index (χ4v) is 10.6. The zero-order valence-electron chi connectivity index (χ0n) is 9.78. The summed E-state index contributed by atoms with van der Waals surface area (Å²) < 4.78 is 1.17. The van der Waals surface area contributed by atoms with Crippen molar-refractivity contribution in [2.45, 2.75) is 56.0 Å². The molecule has 0 aromatic heterocycles. The van der Waals surface area contributed by atoms with Crippen molar-refractivity contribution < 1.29 is 5.11 Å². The third-order valence-electron chi connectivity index (χ3n) is 3.41. The first-order chi connectivity index (χ1) is 5.84. The quantitative estimate of drug-likeness (QED) is 0.736. The van der Waals surface area contributed by atoms with Crippen LogP contribution in [-0.2, 0) is 0 Å². The number of hydrogen-bond donors (Lipinski definition) is 1. The molecule has 0 unspecified atom stereocenters. The molecule has 0 saturated carbocycles. The zero-order valence-corrected chi connectivity index (χ0v) is 11.9. The van der Waals surface area contributed by atoms with Crippen LogP contribution in [0.4, 0.5) is 0 Å². The van der Waals surface area contributed by atoms with Crippen LogP contribution < -0.4 is 0 Å². The summed E-state index contributed by atoms with van der Waals surface area (Å²) in [5.41, 5.74) is -0.665. The Morgan fingerprint density at radius 3 is 1.54 bits per heavy atom. The Balaban J connectivity index is 4.85. The standard InChI is InChI=1S/C11H24GeO/c1-7-12(8-2,9-3)10(4)11(5,6)13/h13H,4,7-9H2,1-3,5-6H3. The summed E-state index contributed by atoms with van der Waals surface area (Å²) in [5.74, 6) is 0. The molecule has 0 spiro atoms. The van der Waals surface area contributed by atoms with Gasteiger partial charge < -0.3 is 0 Å². The average Bonchev–Trinajstić information content (AvgIpc) is 2.07. The van der Waals surface area contributed by atoms with Crippen LogP contribution in [0.25, 0.3) is 0 Å². The summed E-state index contributed by atoms with van der Waals surface area (Å²) in [5, 5.41) is 13.7. The van der Waals surface area contributed by atoms with Crippen LogP contribution in [0.2, 0.25) is 15.8 Å². The third-order valence-corrected chi connectivity index (χ3v) is 15.9. The van der Waals surface area contributed by atoms with Gasteiger partial charge >= 0.3 is 85.3 Å². The van der Waals surface area contributed by atoms with Gasteiger partial charge in [-0.3, -0.25) is 0 Å². The van der Waals surface area contributed by atoms with E-state index < -0.39 is 18.9 Å². The minimum atomic E-state index is -1.93. The monoisotopic (exact) mass is 246 g/mol. The van der Waals surface area contributed by atoms with E-state index in [1.807, 2.05) is 13.8 Å². The Hall–Kier alpha value is 0.243. The third kappa shape index (κ3) is 2.85. The van der Waals surface area contributed by atoms with Gasteiger partial charge in [0.25, 0.3) is 0 Å². The maximum absolute atomic E-state index is 9.96. The van der Waals surface area contributed by atoms with Crippen LogP contribution in [-0.4, -0.2) is 24.0 Å². The molecule has 0 amide bonds. The second-order valence-electron chi connectivity index (χ2n) is 4.38. The van der Waals surface area contributed by atoms with Gasteiger partial charge in [0.2, 0.25) is 0 Å². The van der Waals surface area contributed by atoms with Gasteiger partial charge in [0.05, 0.1) is 0 Å². The van der Waals surface area contributed by atoms with Crippen LogP contribution in [0.1, 0.15) is 34.6 Å². The molecule has 1 nitrogen and oxygen atoms in total. The molecule has 0 fully saturated rings. The molecular weight excluding hydrogens is 221 g/mol. The van der Waals surface area contributed by atoms with E-state index in [1.165, 1.54) is 20.2 Å². The van der Waals surface area contributed by atoms with Crippen molar-refractivity contribution in [3.63, 3.8) is 0 Å². The Kier molecular flexibility index (Phi) is 4.74. The fourth-order valence-electron chi connectivity index (χ4n) is 2.04. The van der Waals surface area contributed by atoms with Crippen LogP contribution in [0, 0.1) is 0 Å². The molecule has 78 valence electrons. The van der Waals surface area contributed by atoms with Crippen LogP contribution >= 0.6 is 0 Å². The molecule has 0 radical (unpaired) electrons. The average molecular weight is 245 g/mol. The zero-order chi connectivity index (χ0) is 10.7. The van der Waals surface area contributed by atoms with Crippen molar-refractivity contribution in [2.24, 2.45) is 0 Å².